The van der Waals surface area contributed by atoms with E-state index < -0.39 is 5.97 Å². The normalized spacial score (nSPS) is 16.9. The van der Waals surface area contributed by atoms with Gasteiger partial charge >= 0.3 is 5.97 Å². The zero-order valence-corrected chi connectivity index (χ0v) is 8.75. The molecule has 0 saturated carbocycles. The van der Waals surface area contributed by atoms with Crippen molar-refractivity contribution in [1.29, 1.82) is 0 Å². The molecule has 2 rings (SSSR count). The molecule has 0 unspecified atom stereocenters. The third-order valence-electron chi connectivity index (χ3n) is 2.91. The second-order valence-corrected chi connectivity index (χ2v) is 3.94. The molecule has 80 valence electrons. The summed E-state index contributed by atoms with van der Waals surface area (Å²) in [6.45, 7) is 1.94. The fraction of sp³-hybridized carbons (Fsp3) is 0.417. The van der Waals surface area contributed by atoms with E-state index in [9.17, 15) is 4.79 Å². The molecule has 1 aromatic heterocycles. The number of carboxylic acid groups (broad SMARTS) is 1. The molecule has 1 aromatic rings. The lowest BCUT2D eigenvalue weighted by molar-refractivity contribution is -0.132. The molecule has 0 bridgehead atoms. The summed E-state index contributed by atoms with van der Waals surface area (Å²) in [4.78, 5) is 11.1. The van der Waals surface area contributed by atoms with Gasteiger partial charge in [-0.25, -0.2) is 4.79 Å². The number of carbonyl (C=O) groups is 1. The van der Waals surface area contributed by atoms with Gasteiger partial charge in [0.15, 0.2) is 0 Å². The first-order valence-corrected chi connectivity index (χ1v) is 5.18. The number of carboxylic acids is 1. The minimum absolute atomic E-state index is 0.561. The molecule has 0 spiro atoms. The Balaban J connectivity index is 2.48. The first-order chi connectivity index (χ1) is 7.20. The van der Waals surface area contributed by atoms with Gasteiger partial charge in [0.1, 0.15) is 0 Å². The number of furan rings is 1. The van der Waals surface area contributed by atoms with Crippen molar-refractivity contribution >= 4 is 11.5 Å². The Morgan fingerprint density at radius 3 is 2.67 bits per heavy atom. The molecule has 15 heavy (non-hydrogen) atoms. The van der Waals surface area contributed by atoms with E-state index in [4.69, 9.17) is 9.52 Å². The smallest absolute Gasteiger partial charge is 0.331 e. The molecule has 1 heterocycles. The summed E-state index contributed by atoms with van der Waals surface area (Å²) in [5.74, 6) is -0.787. The van der Waals surface area contributed by atoms with Crippen LogP contribution in [0.2, 0.25) is 0 Å². The van der Waals surface area contributed by atoms with Gasteiger partial charge in [-0.15, -0.1) is 0 Å². The van der Waals surface area contributed by atoms with Crippen LogP contribution < -0.4 is 0 Å². The minimum Gasteiger partial charge on any atom is -0.478 e. The van der Waals surface area contributed by atoms with Crippen molar-refractivity contribution in [2.45, 2.75) is 32.6 Å². The Morgan fingerprint density at radius 2 is 2.07 bits per heavy atom. The van der Waals surface area contributed by atoms with Crippen molar-refractivity contribution in [3.05, 3.63) is 29.2 Å². The van der Waals surface area contributed by atoms with E-state index in [1.165, 1.54) is 0 Å². The van der Waals surface area contributed by atoms with E-state index in [0.29, 0.717) is 12.0 Å². The van der Waals surface area contributed by atoms with Crippen molar-refractivity contribution in [2.24, 2.45) is 0 Å². The number of allylic oxidation sites excluding steroid dienone is 1. The molecular weight excluding hydrogens is 192 g/mol. The second-order valence-electron chi connectivity index (χ2n) is 3.94. The molecule has 1 aliphatic rings. The predicted octanol–water partition coefficient (Wildman–Crippen LogP) is 3.00. The zero-order valence-electron chi connectivity index (χ0n) is 8.75. The number of hydrogen-bond donors (Lipinski definition) is 1. The standard InChI is InChI=1S/C12H14O3/c1-8-6-15-7-11(8)9-4-2-3-5-10(9)12(13)14/h6-7H,2-5H2,1H3,(H,13,14). The van der Waals surface area contributed by atoms with Crippen LogP contribution in [-0.4, -0.2) is 11.1 Å². The molecule has 3 heteroatoms. The van der Waals surface area contributed by atoms with Crippen molar-refractivity contribution in [2.75, 3.05) is 0 Å². The van der Waals surface area contributed by atoms with E-state index in [1.54, 1.807) is 12.5 Å². The second kappa shape index (κ2) is 3.93. The van der Waals surface area contributed by atoms with Crippen molar-refractivity contribution in [3.8, 4) is 0 Å². The highest BCUT2D eigenvalue weighted by Crippen LogP contribution is 2.34. The Morgan fingerprint density at radius 1 is 1.33 bits per heavy atom. The maximum atomic E-state index is 11.1. The van der Waals surface area contributed by atoms with Crippen LogP contribution >= 0.6 is 0 Å². The van der Waals surface area contributed by atoms with Crippen LogP contribution in [0.4, 0.5) is 0 Å². The Kier molecular flexibility index (Phi) is 2.62. The van der Waals surface area contributed by atoms with Gasteiger partial charge in [0, 0.05) is 11.1 Å². The number of rotatable bonds is 2. The fourth-order valence-electron chi connectivity index (χ4n) is 2.11. The molecule has 0 aromatic carbocycles. The molecule has 0 aliphatic heterocycles. The van der Waals surface area contributed by atoms with Gasteiger partial charge in [0.25, 0.3) is 0 Å². The van der Waals surface area contributed by atoms with Crippen LogP contribution in [-0.2, 0) is 4.79 Å². The van der Waals surface area contributed by atoms with Gasteiger partial charge in [-0.05, 0) is 43.7 Å². The number of aryl methyl sites for hydroxylation is 1. The lowest BCUT2D eigenvalue weighted by Crippen LogP contribution is -2.08. The molecular formula is C12H14O3. The van der Waals surface area contributed by atoms with Crippen molar-refractivity contribution in [1.82, 2.24) is 0 Å². The zero-order chi connectivity index (χ0) is 10.8. The molecule has 0 radical (unpaired) electrons. The highest BCUT2D eigenvalue weighted by molar-refractivity contribution is 5.97. The summed E-state index contributed by atoms with van der Waals surface area (Å²) in [6, 6.07) is 0. The topological polar surface area (TPSA) is 50.4 Å². The molecule has 0 saturated heterocycles. The molecule has 1 N–H and O–H groups in total. The Hall–Kier alpha value is -1.51. The highest BCUT2D eigenvalue weighted by Gasteiger charge is 2.21. The molecule has 0 amide bonds. The van der Waals surface area contributed by atoms with E-state index in [-0.39, 0.29) is 0 Å². The van der Waals surface area contributed by atoms with Crippen LogP contribution in [0.1, 0.15) is 36.8 Å². The average Bonchev–Trinajstić information content (AvgIpc) is 2.64. The lowest BCUT2D eigenvalue weighted by Gasteiger charge is -2.17. The molecule has 3 nitrogen and oxygen atoms in total. The lowest BCUT2D eigenvalue weighted by atomic mass is 9.87. The number of hydrogen-bond acceptors (Lipinski definition) is 2. The Labute approximate surface area is 88.4 Å². The van der Waals surface area contributed by atoms with E-state index in [2.05, 4.69) is 0 Å². The third-order valence-corrected chi connectivity index (χ3v) is 2.91. The molecule has 0 fully saturated rings. The SMILES string of the molecule is Cc1cocc1C1=C(C(=O)O)CCCC1. The van der Waals surface area contributed by atoms with Crippen LogP contribution in [0, 0.1) is 6.92 Å². The van der Waals surface area contributed by atoms with Crippen LogP contribution in [0.3, 0.4) is 0 Å². The van der Waals surface area contributed by atoms with Gasteiger partial charge in [-0.3, -0.25) is 0 Å². The maximum absolute atomic E-state index is 11.1. The number of aliphatic carboxylic acids is 1. The first-order valence-electron chi connectivity index (χ1n) is 5.18. The van der Waals surface area contributed by atoms with Crippen LogP contribution in [0.5, 0.6) is 0 Å². The van der Waals surface area contributed by atoms with Gasteiger partial charge in [0.2, 0.25) is 0 Å². The van der Waals surface area contributed by atoms with Gasteiger partial charge in [-0.1, -0.05) is 0 Å². The quantitative estimate of drug-likeness (QED) is 0.809. The summed E-state index contributed by atoms with van der Waals surface area (Å²) in [5.41, 5.74) is 3.50. The molecule has 0 atom stereocenters. The van der Waals surface area contributed by atoms with Gasteiger partial charge in [0.05, 0.1) is 12.5 Å². The predicted molar refractivity (Wildman–Crippen MR) is 56.5 cm³/mol. The summed E-state index contributed by atoms with van der Waals surface area (Å²) >= 11 is 0. The first kappa shape index (κ1) is 10.0. The van der Waals surface area contributed by atoms with Gasteiger partial charge in [-0.2, -0.15) is 0 Å². The van der Waals surface area contributed by atoms with Crippen LogP contribution in [0.25, 0.3) is 5.57 Å². The monoisotopic (exact) mass is 206 g/mol. The summed E-state index contributed by atoms with van der Waals surface area (Å²) in [7, 11) is 0. The van der Waals surface area contributed by atoms with Crippen LogP contribution in [0.15, 0.2) is 22.5 Å². The van der Waals surface area contributed by atoms with E-state index in [1.807, 2.05) is 6.92 Å². The average molecular weight is 206 g/mol. The largest absolute Gasteiger partial charge is 0.478 e. The van der Waals surface area contributed by atoms with E-state index >= 15 is 0 Å². The summed E-state index contributed by atoms with van der Waals surface area (Å²) < 4.78 is 5.10. The third kappa shape index (κ3) is 1.82. The maximum Gasteiger partial charge on any atom is 0.331 e. The summed E-state index contributed by atoms with van der Waals surface area (Å²) in [5, 5.41) is 9.11. The minimum atomic E-state index is -0.787. The summed E-state index contributed by atoms with van der Waals surface area (Å²) in [6.07, 6.45) is 6.88. The van der Waals surface area contributed by atoms with E-state index in [0.717, 1.165) is 36.0 Å². The van der Waals surface area contributed by atoms with Crippen molar-refractivity contribution < 1.29 is 14.3 Å². The molecule has 1 aliphatic carbocycles. The fourth-order valence-corrected chi connectivity index (χ4v) is 2.11. The Bertz CT molecular complexity index is 412. The van der Waals surface area contributed by atoms with Crippen molar-refractivity contribution in [3.63, 3.8) is 0 Å². The van der Waals surface area contributed by atoms with Gasteiger partial charge < -0.3 is 9.52 Å². The highest BCUT2D eigenvalue weighted by atomic mass is 16.4.